The van der Waals surface area contributed by atoms with Crippen LogP contribution in [0.25, 0.3) is 11.2 Å². The van der Waals surface area contributed by atoms with Crippen LogP contribution in [0.15, 0.2) is 18.6 Å². The third kappa shape index (κ3) is 1.37. The van der Waals surface area contributed by atoms with Crippen molar-refractivity contribution in [3.8, 4) is 0 Å². The number of anilines is 1. The van der Waals surface area contributed by atoms with Crippen LogP contribution < -0.4 is 11.5 Å². The average molecular weight is 190 g/mol. The fourth-order valence-corrected chi connectivity index (χ4v) is 1.25. The Balaban J connectivity index is 2.60. The van der Waals surface area contributed by atoms with Crippen molar-refractivity contribution in [3.05, 3.63) is 24.3 Å². The molecule has 2 heterocycles. The van der Waals surface area contributed by atoms with Crippen LogP contribution in [0.3, 0.4) is 0 Å². The first-order chi connectivity index (χ1) is 6.66. The smallest absolute Gasteiger partial charge is 0.222 e. The maximum atomic E-state index is 5.51. The lowest BCUT2D eigenvalue weighted by atomic mass is 10.2. The van der Waals surface area contributed by atoms with E-state index in [0.717, 1.165) is 11.2 Å². The van der Waals surface area contributed by atoms with Gasteiger partial charge >= 0.3 is 0 Å². The summed E-state index contributed by atoms with van der Waals surface area (Å²) in [4.78, 5) is 14.9. The van der Waals surface area contributed by atoms with E-state index in [0.29, 0.717) is 17.8 Å². The SMILES string of the molecule is C=C(N)Cc1nc(N)nc2nc[nH]c12. The van der Waals surface area contributed by atoms with E-state index in [1.54, 1.807) is 6.33 Å². The number of aromatic nitrogens is 4. The van der Waals surface area contributed by atoms with Gasteiger partial charge in [0, 0.05) is 12.1 Å². The molecular formula is C8H10N6. The second-order valence-electron chi connectivity index (χ2n) is 2.96. The highest BCUT2D eigenvalue weighted by Gasteiger charge is 2.08. The highest BCUT2D eigenvalue weighted by atomic mass is 15.1. The third-order valence-corrected chi connectivity index (χ3v) is 1.77. The number of fused-ring (bicyclic) bond motifs is 1. The fraction of sp³-hybridized carbons (Fsp3) is 0.125. The number of nitrogen functional groups attached to an aromatic ring is 1. The van der Waals surface area contributed by atoms with Gasteiger partial charge in [-0.3, -0.25) is 0 Å². The average Bonchev–Trinajstić information content (AvgIpc) is 2.50. The van der Waals surface area contributed by atoms with Crippen LogP contribution in [0, 0.1) is 0 Å². The van der Waals surface area contributed by atoms with Gasteiger partial charge in [0.2, 0.25) is 5.95 Å². The molecule has 0 aliphatic rings. The Labute approximate surface area is 80.1 Å². The molecule has 0 aliphatic heterocycles. The molecule has 0 bridgehead atoms. The molecule has 0 unspecified atom stereocenters. The van der Waals surface area contributed by atoms with Crippen LogP contribution >= 0.6 is 0 Å². The molecule has 0 radical (unpaired) electrons. The lowest BCUT2D eigenvalue weighted by Gasteiger charge is -2.01. The Morgan fingerprint density at radius 2 is 2.29 bits per heavy atom. The van der Waals surface area contributed by atoms with Crippen LogP contribution in [0.2, 0.25) is 0 Å². The molecular weight excluding hydrogens is 180 g/mol. The van der Waals surface area contributed by atoms with Gasteiger partial charge in [-0.15, -0.1) is 0 Å². The summed E-state index contributed by atoms with van der Waals surface area (Å²) in [5.74, 6) is 0.195. The molecule has 6 heteroatoms. The number of rotatable bonds is 2. The predicted octanol–water partition coefficient (Wildman–Crippen LogP) is -0.0500. The summed E-state index contributed by atoms with van der Waals surface area (Å²) in [5, 5.41) is 0. The van der Waals surface area contributed by atoms with Crippen molar-refractivity contribution in [3.63, 3.8) is 0 Å². The van der Waals surface area contributed by atoms with Crippen molar-refractivity contribution < 1.29 is 0 Å². The summed E-state index contributed by atoms with van der Waals surface area (Å²) in [7, 11) is 0. The predicted molar refractivity (Wildman–Crippen MR) is 53.1 cm³/mol. The maximum absolute atomic E-state index is 5.51. The summed E-state index contributed by atoms with van der Waals surface area (Å²) < 4.78 is 0. The molecule has 5 N–H and O–H groups in total. The highest BCUT2D eigenvalue weighted by molar-refractivity contribution is 5.74. The summed E-state index contributed by atoms with van der Waals surface area (Å²) in [6, 6.07) is 0. The van der Waals surface area contributed by atoms with Gasteiger partial charge in [-0.2, -0.15) is 4.98 Å². The first-order valence-corrected chi connectivity index (χ1v) is 4.05. The first kappa shape index (κ1) is 8.49. The van der Waals surface area contributed by atoms with E-state index in [1.807, 2.05) is 0 Å². The summed E-state index contributed by atoms with van der Waals surface area (Å²) >= 11 is 0. The van der Waals surface area contributed by atoms with Gasteiger partial charge in [0.05, 0.1) is 12.0 Å². The van der Waals surface area contributed by atoms with Crippen molar-refractivity contribution in [1.82, 2.24) is 19.9 Å². The molecule has 72 valence electrons. The van der Waals surface area contributed by atoms with Gasteiger partial charge in [0.1, 0.15) is 5.52 Å². The quantitative estimate of drug-likeness (QED) is 0.615. The number of imidazole rings is 1. The van der Waals surface area contributed by atoms with E-state index in [2.05, 4.69) is 26.5 Å². The molecule has 0 amide bonds. The Morgan fingerprint density at radius 1 is 1.50 bits per heavy atom. The van der Waals surface area contributed by atoms with Crippen LogP contribution in [0.5, 0.6) is 0 Å². The lowest BCUT2D eigenvalue weighted by molar-refractivity contribution is 1.03. The van der Waals surface area contributed by atoms with Crippen LogP contribution in [-0.4, -0.2) is 19.9 Å². The highest BCUT2D eigenvalue weighted by Crippen LogP contribution is 2.13. The van der Waals surface area contributed by atoms with Crippen LogP contribution in [0.1, 0.15) is 5.69 Å². The van der Waals surface area contributed by atoms with Crippen LogP contribution in [-0.2, 0) is 6.42 Å². The molecule has 2 aromatic rings. The number of allylic oxidation sites excluding steroid dienone is 1. The number of aromatic amines is 1. The topological polar surface area (TPSA) is 106 Å². The van der Waals surface area contributed by atoms with Crippen molar-refractivity contribution in [2.75, 3.05) is 5.73 Å². The Kier molecular flexibility index (Phi) is 1.81. The molecule has 0 saturated carbocycles. The minimum atomic E-state index is 0.195. The molecule has 14 heavy (non-hydrogen) atoms. The van der Waals surface area contributed by atoms with Gasteiger partial charge in [0.25, 0.3) is 0 Å². The maximum Gasteiger partial charge on any atom is 0.222 e. The molecule has 0 saturated heterocycles. The molecule has 0 aromatic carbocycles. The van der Waals surface area contributed by atoms with Gasteiger partial charge in [-0.05, 0) is 0 Å². The largest absolute Gasteiger partial charge is 0.402 e. The van der Waals surface area contributed by atoms with Crippen molar-refractivity contribution in [2.45, 2.75) is 6.42 Å². The second kappa shape index (κ2) is 2.99. The van der Waals surface area contributed by atoms with Crippen molar-refractivity contribution in [2.24, 2.45) is 5.73 Å². The van der Waals surface area contributed by atoms with E-state index in [1.165, 1.54) is 0 Å². The Bertz CT molecular complexity index is 486. The number of nitrogens with two attached hydrogens (primary N) is 2. The van der Waals surface area contributed by atoms with Gasteiger partial charge in [-0.1, -0.05) is 6.58 Å². The van der Waals surface area contributed by atoms with E-state index in [4.69, 9.17) is 11.5 Å². The number of hydrogen-bond acceptors (Lipinski definition) is 5. The molecule has 0 aliphatic carbocycles. The Hall–Kier alpha value is -2.11. The Morgan fingerprint density at radius 3 is 3.00 bits per heavy atom. The number of hydrogen-bond donors (Lipinski definition) is 3. The molecule has 2 rings (SSSR count). The molecule has 0 spiro atoms. The van der Waals surface area contributed by atoms with Crippen molar-refractivity contribution >= 4 is 17.1 Å². The van der Waals surface area contributed by atoms with Gasteiger partial charge in [-0.25, -0.2) is 9.97 Å². The minimum Gasteiger partial charge on any atom is -0.402 e. The number of H-pyrrole nitrogens is 1. The summed E-state index contributed by atoms with van der Waals surface area (Å²) in [5.41, 5.74) is 13.6. The number of nitrogens with zero attached hydrogens (tertiary/aromatic N) is 3. The second-order valence-corrected chi connectivity index (χ2v) is 2.96. The normalized spacial score (nSPS) is 10.6. The summed E-state index contributed by atoms with van der Waals surface area (Å²) in [6.45, 7) is 3.61. The minimum absolute atomic E-state index is 0.195. The van der Waals surface area contributed by atoms with E-state index in [9.17, 15) is 0 Å². The number of nitrogens with one attached hydrogen (secondary N) is 1. The lowest BCUT2D eigenvalue weighted by Crippen LogP contribution is -2.05. The summed E-state index contributed by atoms with van der Waals surface area (Å²) in [6.07, 6.45) is 2.01. The zero-order valence-corrected chi connectivity index (χ0v) is 7.49. The van der Waals surface area contributed by atoms with E-state index < -0.39 is 0 Å². The van der Waals surface area contributed by atoms with Gasteiger partial charge in [0.15, 0.2) is 5.65 Å². The standard InChI is InChI=1S/C8H10N6/c1-4(9)2-5-6-7(12-3-11-6)14-8(10)13-5/h3H,1-2,9H2,(H3,10,11,12,13,14). The zero-order valence-electron chi connectivity index (χ0n) is 7.49. The monoisotopic (exact) mass is 190 g/mol. The third-order valence-electron chi connectivity index (χ3n) is 1.77. The van der Waals surface area contributed by atoms with Crippen LogP contribution in [0.4, 0.5) is 5.95 Å². The van der Waals surface area contributed by atoms with Crippen molar-refractivity contribution in [1.29, 1.82) is 0 Å². The van der Waals surface area contributed by atoms with E-state index >= 15 is 0 Å². The molecule has 0 atom stereocenters. The first-order valence-electron chi connectivity index (χ1n) is 4.05. The molecule has 6 nitrogen and oxygen atoms in total. The molecule has 2 aromatic heterocycles. The fourth-order valence-electron chi connectivity index (χ4n) is 1.25. The molecule has 0 fully saturated rings. The van der Waals surface area contributed by atoms with Gasteiger partial charge < -0.3 is 16.5 Å². The zero-order chi connectivity index (χ0) is 10.1. The van der Waals surface area contributed by atoms with E-state index in [-0.39, 0.29) is 5.95 Å².